The summed E-state index contributed by atoms with van der Waals surface area (Å²) >= 11 is 0. The van der Waals surface area contributed by atoms with Gasteiger partial charge in [0.15, 0.2) is 0 Å². The molecule has 0 spiro atoms. The fourth-order valence-electron chi connectivity index (χ4n) is 2.30. The van der Waals surface area contributed by atoms with Crippen molar-refractivity contribution in [3.63, 3.8) is 0 Å². The molecule has 0 aliphatic carbocycles. The van der Waals surface area contributed by atoms with Crippen molar-refractivity contribution >= 4 is 0 Å². The monoisotopic (exact) mass is 348 g/mol. The molecule has 1 heterocycles. The summed E-state index contributed by atoms with van der Waals surface area (Å²) < 4.78 is 70.4. The van der Waals surface area contributed by atoms with Crippen LogP contribution in [-0.4, -0.2) is 22.3 Å². The second kappa shape index (κ2) is 6.41. The van der Waals surface area contributed by atoms with Crippen LogP contribution in [0.25, 0.3) is 5.69 Å². The molecule has 0 amide bonds. The number of imidazole rings is 1. The number of aryl methyl sites for hydroxylation is 1. The van der Waals surface area contributed by atoms with Gasteiger partial charge in [-0.1, -0.05) is 19.9 Å². The van der Waals surface area contributed by atoms with Crippen LogP contribution in [0.2, 0.25) is 0 Å². The first kappa shape index (κ1) is 18.2. The molecule has 24 heavy (non-hydrogen) atoms. The zero-order chi connectivity index (χ0) is 18.1. The summed E-state index contributed by atoms with van der Waals surface area (Å²) in [5.41, 5.74) is -1.44. The average molecular weight is 348 g/mol. The third-order valence-corrected chi connectivity index (χ3v) is 3.74. The highest BCUT2D eigenvalue weighted by molar-refractivity contribution is 5.50. The molecular formula is C16H17F5N2O. The van der Waals surface area contributed by atoms with Crippen molar-refractivity contribution < 1.29 is 26.7 Å². The molecule has 8 heteroatoms. The molecule has 0 N–H and O–H groups in total. The van der Waals surface area contributed by atoms with Crippen molar-refractivity contribution in [1.29, 1.82) is 0 Å². The highest BCUT2D eigenvalue weighted by atomic mass is 19.4. The second-order valence-corrected chi connectivity index (χ2v) is 6.08. The predicted molar refractivity (Wildman–Crippen MR) is 78.5 cm³/mol. The first-order chi connectivity index (χ1) is 11.0. The van der Waals surface area contributed by atoms with Crippen molar-refractivity contribution in [3.8, 4) is 11.4 Å². The maximum atomic E-state index is 13.0. The van der Waals surface area contributed by atoms with E-state index in [9.17, 15) is 22.0 Å². The molecule has 2 aromatic rings. The summed E-state index contributed by atoms with van der Waals surface area (Å²) in [6.07, 6.45) is -1.71. The molecule has 0 radical (unpaired) electrons. The molecule has 0 saturated heterocycles. The minimum absolute atomic E-state index is 0.193. The van der Waals surface area contributed by atoms with Crippen molar-refractivity contribution in [2.75, 3.05) is 0 Å². The largest absolute Gasteiger partial charge is 0.433 e. The standard InChI is InChI=1S/C16H17F5N2O/c1-10-22-6-7-23(10)12-5-4-11(8-13(12)24-14(17)18)9-15(2,3)16(19,20)21/h4-8,14H,9H2,1-3H3. The van der Waals surface area contributed by atoms with E-state index in [2.05, 4.69) is 9.72 Å². The fraction of sp³-hybridized carbons (Fsp3) is 0.438. The summed E-state index contributed by atoms with van der Waals surface area (Å²) in [7, 11) is 0. The molecule has 1 aromatic heterocycles. The van der Waals surface area contributed by atoms with Gasteiger partial charge in [-0.3, -0.25) is 0 Å². The lowest BCUT2D eigenvalue weighted by atomic mass is 9.85. The van der Waals surface area contributed by atoms with Crippen LogP contribution in [-0.2, 0) is 6.42 Å². The second-order valence-electron chi connectivity index (χ2n) is 6.08. The molecule has 0 saturated carbocycles. The maximum Gasteiger partial charge on any atom is 0.394 e. The molecule has 0 aliphatic heterocycles. The van der Waals surface area contributed by atoms with Crippen LogP contribution in [0.5, 0.6) is 5.75 Å². The number of aromatic nitrogens is 2. The van der Waals surface area contributed by atoms with E-state index < -0.39 is 18.2 Å². The first-order valence-electron chi connectivity index (χ1n) is 7.16. The molecule has 1 aromatic carbocycles. The van der Waals surface area contributed by atoms with E-state index in [0.29, 0.717) is 11.5 Å². The number of halogens is 5. The molecule has 0 unspecified atom stereocenters. The van der Waals surface area contributed by atoms with Gasteiger partial charge in [0.05, 0.1) is 11.1 Å². The minimum atomic E-state index is -4.41. The van der Waals surface area contributed by atoms with Crippen molar-refractivity contribution in [1.82, 2.24) is 9.55 Å². The van der Waals surface area contributed by atoms with E-state index in [0.717, 1.165) is 13.8 Å². The third-order valence-electron chi connectivity index (χ3n) is 3.74. The Morgan fingerprint density at radius 2 is 1.88 bits per heavy atom. The van der Waals surface area contributed by atoms with E-state index in [1.165, 1.54) is 29.0 Å². The number of rotatable bonds is 5. The molecule has 3 nitrogen and oxygen atoms in total. The number of benzene rings is 1. The average Bonchev–Trinajstić information content (AvgIpc) is 2.83. The van der Waals surface area contributed by atoms with Crippen LogP contribution in [0.15, 0.2) is 30.6 Å². The Morgan fingerprint density at radius 3 is 2.38 bits per heavy atom. The number of alkyl halides is 5. The van der Waals surface area contributed by atoms with Crippen molar-refractivity contribution in [2.24, 2.45) is 5.41 Å². The van der Waals surface area contributed by atoms with Gasteiger partial charge in [-0.05, 0) is 31.0 Å². The third kappa shape index (κ3) is 3.85. The highest BCUT2D eigenvalue weighted by Crippen LogP contribution is 2.41. The Balaban J connectivity index is 2.42. The fourth-order valence-corrected chi connectivity index (χ4v) is 2.30. The van der Waals surface area contributed by atoms with Gasteiger partial charge in [0.25, 0.3) is 0 Å². The quantitative estimate of drug-likeness (QED) is 0.718. The van der Waals surface area contributed by atoms with Gasteiger partial charge < -0.3 is 9.30 Å². The Kier molecular flexibility index (Phi) is 4.87. The van der Waals surface area contributed by atoms with Crippen LogP contribution in [0.3, 0.4) is 0 Å². The molecule has 0 aliphatic rings. The SMILES string of the molecule is Cc1nccn1-c1ccc(CC(C)(C)C(F)(F)F)cc1OC(F)F. The maximum absolute atomic E-state index is 13.0. The Hall–Kier alpha value is -2.12. The van der Waals surface area contributed by atoms with Crippen molar-refractivity contribution in [3.05, 3.63) is 42.0 Å². The molecule has 0 bridgehead atoms. The number of hydrogen-bond acceptors (Lipinski definition) is 2. The van der Waals surface area contributed by atoms with Crippen molar-refractivity contribution in [2.45, 2.75) is 40.0 Å². The zero-order valence-electron chi connectivity index (χ0n) is 13.4. The zero-order valence-corrected chi connectivity index (χ0v) is 13.4. The van der Waals surface area contributed by atoms with Crippen LogP contribution in [0.1, 0.15) is 25.2 Å². The normalized spacial score (nSPS) is 12.7. The molecular weight excluding hydrogens is 331 g/mol. The first-order valence-corrected chi connectivity index (χ1v) is 7.16. The van der Waals surface area contributed by atoms with Gasteiger partial charge in [0.2, 0.25) is 0 Å². The number of ether oxygens (including phenoxy) is 1. The van der Waals surface area contributed by atoms with Gasteiger partial charge in [-0.25, -0.2) is 4.98 Å². The van der Waals surface area contributed by atoms with Gasteiger partial charge in [0, 0.05) is 12.4 Å². The lowest BCUT2D eigenvalue weighted by Gasteiger charge is -2.28. The lowest BCUT2D eigenvalue weighted by Crippen LogP contribution is -2.34. The minimum Gasteiger partial charge on any atom is -0.433 e. The molecule has 0 fully saturated rings. The van der Waals surface area contributed by atoms with E-state index in [4.69, 9.17) is 0 Å². The molecule has 2 rings (SSSR count). The van der Waals surface area contributed by atoms with Gasteiger partial charge in [-0.15, -0.1) is 0 Å². The van der Waals surface area contributed by atoms with Crippen LogP contribution >= 0.6 is 0 Å². The van der Waals surface area contributed by atoms with Crippen LogP contribution < -0.4 is 4.74 Å². The highest BCUT2D eigenvalue weighted by Gasteiger charge is 2.47. The summed E-state index contributed by atoms with van der Waals surface area (Å²) in [6.45, 7) is 0.717. The number of nitrogens with zero attached hydrogens (tertiary/aromatic N) is 2. The van der Waals surface area contributed by atoms with Gasteiger partial charge in [-0.2, -0.15) is 22.0 Å². The van der Waals surface area contributed by atoms with E-state index in [1.54, 1.807) is 13.1 Å². The Morgan fingerprint density at radius 1 is 1.21 bits per heavy atom. The van der Waals surface area contributed by atoms with Gasteiger partial charge in [0.1, 0.15) is 11.6 Å². The van der Waals surface area contributed by atoms with Crippen LogP contribution in [0.4, 0.5) is 22.0 Å². The molecule has 0 atom stereocenters. The smallest absolute Gasteiger partial charge is 0.394 e. The van der Waals surface area contributed by atoms with E-state index in [-0.39, 0.29) is 17.7 Å². The van der Waals surface area contributed by atoms with Crippen LogP contribution in [0, 0.1) is 12.3 Å². The van der Waals surface area contributed by atoms with E-state index >= 15 is 0 Å². The number of hydrogen-bond donors (Lipinski definition) is 0. The van der Waals surface area contributed by atoms with Gasteiger partial charge >= 0.3 is 12.8 Å². The predicted octanol–water partition coefficient (Wildman–Crippen LogP) is 4.91. The summed E-state index contributed by atoms with van der Waals surface area (Å²) in [6, 6.07) is 4.14. The molecule has 132 valence electrons. The Bertz CT molecular complexity index is 707. The summed E-state index contributed by atoms with van der Waals surface area (Å²) in [5.74, 6) is 0.346. The topological polar surface area (TPSA) is 27.1 Å². The summed E-state index contributed by atoms with van der Waals surface area (Å²) in [5, 5.41) is 0. The van der Waals surface area contributed by atoms with E-state index in [1.807, 2.05) is 0 Å². The summed E-state index contributed by atoms with van der Waals surface area (Å²) in [4.78, 5) is 4.00. The lowest BCUT2D eigenvalue weighted by molar-refractivity contribution is -0.211. The Labute approximate surface area is 136 Å².